The number of β-amino-alcohol motifs (C(OH)–C–C–N with tert-alkyl or cyclic N) is 1. The summed E-state index contributed by atoms with van der Waals surface area (Å²) in [5, 5.41) is 8.84. The lowest BCUT2D eigenvalue weighted by molar-refractivity contribution is 0.189. The van der Waals surface area contributed by atoms with Crippen molar-refractivity contribution in [1.82, 2.24) is 4.90 Å². The Morgan fingerprint density at radius 2 is 2.07 bits per heavy atom. The van der Waals surface area contributed by atoms with E-state index in [1.807, 2.05) is 18.2 Å². The molecule has 0 saturated carbocycles. The molecule has 1 fully saturated rings. The molecular formula is C12H17N2O. The van der Waals surface area contributed by atoms with Crippen molar-refractivity contribution in [1.29, 1.82) is 0 Å². The first-order chi connectivity index (χ1) is 7.40. The number of benzene rings is 1. The Hall–Kier alpha value is -1.06. The van der Waals surface area contributed by atoms with Gasteiger partial charge in [-0.05, 0) is 18.2 Å². The van der Waals surface area contributed by atoms with E-state index in [-0.39, 0.29) is 6.61 Å². The van der Waals surface area contributed by atoms with Crippen molar-refractivity contribution in [3.63, 3.8) is 0 Å². The normalized spacial score (nSPS) is 18.1. The topological polar surface area (TPSA) is 26.7 Å². The minimum absolute atomic E-state index is 0.263. The number of aliphatic hydroxyl groups excluding tert-OH is 1. The van der Waals surface area contributed by atoms with E-state index < -0.39 is 0 Å². The van der Waals surface area contributed by atoms with Crippen LogP contribution in [0.3, 0.4) is 0 Å². The fourth-order valence-corrected chi connectivity index (χ4v) is 1.95. The molecule has 0 aliphatic carbocycles. The van der Waals surface area contributed by atoms with Gasteiger partial charge in [0.2, 0.25) is 0 Å². The Morgan fingerprint density at radius 3 is 2.67 bits per heavy atom. The van der Waals surface area contributed by atoms with Crippen molar-refractivity contribution in [3.05, 3.63) is 30.3 Å². The first-order valence-electron chi connectivity index (χ1n) is 5.44. The minimum atomic E-state index is 0.263. The van der Waals surface area contributed by atoms with Crippen LogP contribution < -0.4 is 4.90 Å². The fraction of sp³-hybridized carbons (Fsp3) is 0.500. The van der Waals surface area contributed by atoms with Crippen LogP contribution in [-0.4, -0.2) is 49.3 Å². The number of aliphatic hydroxyl groups is 1. The first-order valence-corrected chi connectivity index (χ1v) is 5.44. The Labute approximate surface area is 90.9 Å². The summed E-state index contributed by atoms with van der Waals surface area (Å²) in [6.07, 6.45) is 0. The average Bonchev–Trinajstić information content (AvgIpc) is 2.32. The monoisotopic (exact) mass is 205 g/mol. The van der Waals surface area contributed by atoms with Gasteiger partial charge >= 0.3 is 0 Å². The molecule has 0 spiro atoms. The van der Waals surface area contributed by atoms with Gasteiger partial charge in [0, 0.05) is 38.4 Å². The van der Waals surface area contributed by atoms with Crippen LogP contribution in [0, 0.1) is 6.07 Å². The second-order valence-electron chi connectivity index (χ2n) is 3.81. The summed E-state index contributed by atoms with van der Waals surface area (Å²) in [6, 6.07) is 11.2. The molecule has 0 aromatic heterocycles. The van der Waals surface area contributed by atoms with Crippen LogP contribution in [-0.2, 0) is 0 Å². The van der Waals surface area contributed by atoms with Gasteiger partial charge in [-0.15, -0.1) is 0 Å². The largest absolute Gasteiger partial charge is 0.395 e. The summed E-state index contributed by atoms with van der Waals surface area (Å²) in [7, 11) is 0. The van der Waals surface area contributed by atoms with Crippen LogP contribution in [0.25, 0.3) is 0 Å². The maximum atomic E-state index is 8.84. The molecular weight excluding hydrogens is 188 g/mol. The summed E-state index contributed by atoms with van der Waals surface area (Å²) < 4.78 is 0. The maximum Gasteiger partial charge on any atom is 0.0558 e. The van der Waals surface area contributed by atoms with Gasteiger partial charge in [-0.3, -0.25) is 4.90 Å². The number of piperazine rings is 1. The highest BCUT2D eigenvalue weighted by Gasteiger charge is 2.15. The summed E-state index contributed by atoms with van der Waals surface area (Å²) >= 11 is 0. The van der Waals surface area contributed by atoms with Crippen molar-refractivity contribution in [2.45, 2.75) is 0 Å². The van der Waals surface area contributed by atoms with Gasteiger partial charge in [0.25, 0.3) is 0 Å². The highest BCUT2D eigenvalue weighted by Crippen LogP contribution is 2.14. The molecule has 15 heavy (non-hydrogen) atoms. The molecule has 1 radical (unpaired) electrons. The van der Waals surface area contributed by atoms with Gasteiger partial charge in [0.1, 0.15) is 0 Å². The molecule has 3 heteroatoms. The van der Waals surface area contributed by atoms with E-state index in [1.165, 1.54) is 5.69 Å². The van der Waals surface area contributed by atoms with E-state index in [4.69, 9.17) is 5.11 Å². The van der Waals surface area contributed by atoms with Crippen LogP contribution in [0.4, 0.5) is 5.69 Å². The lowest BCUT2D eigenvalue weighted by Crippen LogP contribution is -2.47. The van der Waals surface area contributed by atoms with Gasteiger partial charge in [-0.25, -0.2) is 0 Å². The molecule has 1 aliphatic heterocycles. The second kappa shape index (κ2) is 5.14. The van der Waals surface area contributed by atoms with Crippen molar-refractivity contribution < 1.29 is 5.11 Å². The molecule has 1 N–H and O–H groups in total. The van der Waals surface area contributed by atoms with Gasteiger partial charge in [0.15, 0.2) is 0 Å². The molecule has 0 amide bonds. The molecule has 1 saturated heterocycles. The van der Waals surface area contributed by atoms with Crippen molar-refractivity contribution in [3.8, 4) is 0 Å². The summed E-state index contributed by atoms with van der Waals surface area (Å²) in [4.78, 5) is 4.66. The fourth-order valence-electron chi connectivity index (χ4n) is 1.95. The maximum absolute atomic E-state index is 8.84. The van der Waals surface area contributed by atoms with E-state index >= 15 is 0 Å². The molecule has 0 bridgehead atoms. The quantitative estimate of drug-likeness (QED) is 0.783. The highest BCUT2D eigenvalue weighted by atomic mass is 16.3. The highest BCUT2D eigenvalue weighted by molar-refractivity contribution is 5.45. The van der Waals surface area contributed by atoms with Crippen molar-refractivity contribution in [2.75, 3.05) is 44.2 Å². The number of rotatable bonds is 3. The average molecular weight is 205 g/mol. The van der Waals surface area contributed by atoms with Gasteiger partial charge in [-0.1, -0.05) is 12.1 Å². The summed E-state index contributed by atoms with van der Waals surface area (Å²) in [5.74, 6) is 0. The van der Waals surface area contributed by atoms with E-state index in [1.54, 1.807) is 0 Å². The molecule has 0 atom stereocenters. The Morgan fingerprint density at radius 1 is 1.27 bits per heavy atom. The zero-order valence-corrected chi connectivity index (χ0v) is 8.89. The molecule has 1 aliphatic rings. The zero-order valence-electron chi connectivity index (χ0n) is 8.89. The molecule has 0 unspecified atom stereocenters. The third-order valence-electron chi connectivity index (χ3n) is 2.84. The van der Waals surface area contributed by atoms with Crippen LogP contribution in [0.2, 0.25) is 0 Å². The predicted octanol–water partition coefficient (Wildman–Crippen LogP) is 0.601. The molecule has 3 nitrogen and oxygen atoms in total. The Kier molecular flexibility index (Phi) is 3.59. The van der Waals surface area contributed by atoms with E-state index in [0.29, 0.717) is 0 Å². The van der Waals surface area contributed by atoms with Gasteiger partial charge in [0.05, 0.1) is 6.61 Å². The van der Waals surface area contributed by atoms with E-state index in [9.17, 15) is 0 Å². The summed E-state index contributed by atoms with van der Waals surface area (Å²) in [6.45, 7) is 5.22. The van der Waals surface area contributed by atoms with Crippen molar-refractivity contribution in [2.24, 2.45) is 0 Å². The van der Waals surface area contributed by atoms with Crippen LogP contribution in [0.15, 0.2) is 24.3 Å². The molecule has 81 valence electrons. The number of hydrogen-bond acceptors (Lipinski definition) is 3. The predicted molar refractivity (Wildman–Crippen MR) is 61.0 cm³/mol. The third kappa shape index (κ3) is 2.70. The van der Waals surface area contributed by atoms with Crippen molar-refractivity contribution >= 4 is 5.69 Å². The van der Waals surface area contributed by atoms with Crippen LogP contribution in [0.1, 0.15) is 0 Å². The number of anilines is 1. The Bertz CT molecular complexity index is 281. The Balaban J connectivity index is 1.88. The van der Waals surface area contributed by atoms with Gasteiger partial charge in [-0.2, -0.15) is 0 Å². The molecule has 1 heterocycles. The lowest BCUT2D eigenvalue weighted by atomic mass is 10.2. The van der Waals surface area contributed by atoms with E-state index in [2.05, 4.69) is 21.9 Å². The number of nitrogens with zero attached hydrogens (tertiary/aromatic N) is 2. The number of hydrogen-bond donors (Lipinski definition) is 1. The van der Waals surface area contributed by atoms with E-state index in [0.717, 1.165) is 32.7 Å². The smallest absolute Gasteiger partial charge is 0.0558 e. The molecule has 1 aromatic rings. The van der Waals surface area contributed by atoms with Crippen LogP contribution >= 0.6 is 0 Å². The van der Waals surface area contributed by atoms with Crippen LogP contribution in [0.5, 0.6) is 0 Å². The van der Waals surface area contributed by atoms with Gasteiger partial charge < -0.3 is 10.0 Å². The SMILES string of the molecule is OCCN1CCN(c2c[c]ccc2)CC1. The standard InChI is InChI=1S/C12H17N2O/c15-11-10-13-6-8-14(9-7-13)12-4-2-1-3-5-12/h1-2,4-5,15H,6-11H2. The molecule has 1 aromatic carbocycles. The third-order valence-corrected chi connectivity index (χ3v) is 2.84. The second-order valence-corrected chi connectivity index (χ2v) is 3.81. The summed E-state index contributed by atoms with van der Waals surface area (Å²) in [5.41, 5.74) is 1.25. The first kappa shape index (κ1) is 10.5. The minimum Gasteiger partial charge on any atom is -0.395 e. The molecule has 2 rings (SSSR count). The zero-order chi connectivity index (χ0) is 10.5. The lowest BCUT2D eigenvalue weighted by Gasteiger charge is -2.35.